The second-order valence-electron chi connectivity index (χ2n) is 4.92. The summed E-state index contributed by atoms with van der Waals surface area (Å²) in [5.74, 6) is 0.102. The standard InChI is InChI=1S/C14H18BrFO/c15-12-9-10(6-7-13(12)16)8-11-4-2-1-3-5-14(11)17/h6-7,9,11,14,17H,1-5,8H2. The molecule has 0 saturated heterocycles. The highest BCUT2D eigenvalue weighted by atomic mass is 79.9. The van der Waals surface area contributed by atoms with Gasteiger partial charge in [0, 0.05) is 0 Å². The molecule has 1 saturated carbocycles. The molecular weight excluding hydrogens is 283 g/mol. The van der Waals surface area contributed by atoms with E-state index in [9.17, 15) is 9.50 Å². The maximum atomic E-state index is 13.1. The molecule has 0 aliphatic heterocycles. The number of hydrogen-bond acceptors (Lipinski definition) is 1. The lowest BCUT2D eigenvalue weighted by molar-refractivity contribution is 0.101. The molecular formula is C14H18BrFO. The number of benzene rings is 1. The van der Waals surface area contributed by atoms with Crippen molar-refractivity contribution in [1.82, 2.24) is 0 Å². The van der Waals surface area contributed by atoms with E-state index in [-0.39, 0.29) is 11.9 Å². The Kier molecular flexibility index (Phi) is 4.57. The number of aliphatic hydroxyl groups excluding tert-OH is 1. The SMILES string of the molecule is OC1CCCCCC1Cc1ccc(F)c(Br)c1. The van der Waals surface area contributed by atoms with Crippen molar-refractivity contribution in [3.8, 4) is 0 Å². The van der Waals surface area contributed by atoms with Crippen LogP contribution in [0.4, 0.5) is 4.39 Å². The molecule has 2 unspecified atom stereocenters. The summed E-state index contributed by atoms with van der Waals surface area (Å²) in [7, 11) is 0. The second kappa shape index (κ2) is 5.96. The third-order valence-corrected chi connectivity index (χ3v) is 4.21. The Balaban J connectivity index is 2.05. The third kappa shape index (κ3) is 3.52. The molecule has 0 bridgehead atoms. The Morgan fingerprint density at radius 1 is 1.24 bits per heavy atom. The highest BCUT2D eigenvalue weighted by molar-refractivity contribution is 9.10. The topological polar surface area (TPSA) is 20.2 Å². The molecule has 1 nitrogen and oxygen atoms in total. The minimum atomic E-state index is -0.227. The van der Waals surface area contributed by atoms with Gasteiger partial charge in [0.2, 0.25) is 0 Å². The van der Waals surface area contributed by atoms with Crippen molar-refractivity contribution in [3.05, 3.63) is 34.1 Å². The number of aliphatic hydroxyl groups is 1. The molecule has 1 N–H and O–H groups in total. The van der Waals surface area contributed by atoms with Gasteiger partial charge in [-0.15, -0.1) is 0 Å². The largest absolute Gasteiger partial charge is 0.393 e. The van der Waals surface area contributed by atoms with Gasteiger partial charge in [0.05, 0.1) is 10.6 Å². The van der Waals surface area contributed by atoms with Gasteiger partial charge in [-0.3, -0.25) is 0 Å². The van der Waals surface area contributed by atoms with Crippen LogP contribution >= 0.6 is 15.9 Å². The maximum absolute atomic E-state index is 13.1. The average Bonchev–Trinajstić information content (AvgIpc) is 2.50. The van der Waals surface area contributed by atoms with Crippen LogP contribution < -0.4 is 0 Å². The number of rotatable bonds is 2. The number of hydrogen-bond donors (Lipinski definition) is 1. The van der Waals surface area contributed by atoms with Gasteiger partial charge in [0.15, 0.2) is 0 Å². The van der Waals surface area contributed by atoms with Crippen molar-refractivity contribution in [3.63, 3.8) is 0 Å². The summed E-state index contributed by atoms with van der Waals surface area (Å²) < 4.78 is 13.6. The molecule has 0 heterocycles. The van der Waals surface area contributed by atoms with Crippen LogP contribution in [0.1, 0.15) is 37.7 Å². The molecule has 1 fully saturated rings. The average molecular weight is 301 g/mol. The monoisotopic (exact) mass is 300 g/mol. The van der Waals surface area contributed by atoms with Crippen LogP contribution in [0, 0.1) is 11.7 Å². The smallest absolute Gasteiger partial charge is 0.137 e. The van der Waals surface area contributed by atoms with Crippen LogP contribution in [-0.2, 0) is 6.42 Å². The zero-order valence-electron chi connectivity index (χ0n) is 9.83. The summed E-state index contributed by atoms with van der Waals surface area (Å²) in [6, 6.07) is 5.13. The van der Waals surface area contributed by atoms with Crippen molar-refractivity contribution in [2.45, 2.75) is 44.6 Å². The lowest BCUT2D eigenvalue weighted by Gasteiger charge is -2.20. The van der Waals surface area contributed by atoms with Gasteiger partial charge in [-0.1, -0.05) is 25.3 Å². The van der Waals surface area contributed by atoms with E-state index < -0.39 is 0 Å². The van der Waals surface area contributed by atoms with E-state index in [4.69, 9.17) is 0 Å². The molecule has 0 radical (unpaired) electrons. The van der Waals surface area contributed by atoms with Crippen LogP contribution in [0.5, 0.6) is 0 Å². The normalized spacial score (nSPS) is 25.6. The maximum Gasteiger partial charge on any atom is 0.137 e. The lowest BCUT2D eigenvalue weighted by Crippen LogP contribution is -2.21. The zero-order chi connectivity index (χ0) is 12.3. The van der Waals surface area contributed by atoms with Gasteiger partial charge in [-0.25, -0.2) is 4.39 Å². The first-order chi connectivity index (χ1) is 8.16. The quantitative estimate of drug-likeness (QED) is 0.816. The summed E-state index contributed by atoms with van der Waals surface area (Å²) >= 11 is 3.20. The summed E-state index contributed by atoms with van der Waals surface area (Å²) in [6.07, 6.45) is 6.19. The van der Waals surface area contributed by atoms with Gasteiger partial charge < -0.3 is 5.11 Å². The first-order valence-corrected chi connectivity index (χ1v) is 7.08. The summed E-state index contributed by atoms with van der Waals surface area (Å²) in [5.41, 5.74) is 1.10. The van der Waals surface area contributed by atoms with Gasteiger partial charge in [-0.2, -0.15) is 0 Å². The lowest BCUT2D eigenvalue weighted by atomic mass is 9.90. The second-order valence-corrected chi connectivity index (χ2v) is 5.77. The van der Waals surface area contributed by atoms with Crippen LogP contribution in [-0.4, -0.2) is 11.2 Å². The van der Waals surface area contributed by atoms with Crippen molar-refractivity contribution in [1.29, 1.82) is 0 Å². The van der Waals surface area contributed by atoms with Gasteiger partial charge in [0.1, 0.15) is 5.82 Å². The molecule has 2 atom stereocenters. The van der Waals surface area contributed by atoms with Crippen molar-refractivity contribution < 1.29 is 9.50 Å². The molecule has 1 aromatic carbocycles. The minimum Gasteiger partial charge on any atom is -0.393 e. The Bertz CT molecular complexity index is 380. The molecule has 0 aromatic heterocycles. The highest BCUT2D eigenvalue weighted by Gasteiger charge is 2.21. The van der Waals surface area contributed by atoms with Crippen LogP contribution in [0.15, 0.2) is 22.7 Å². The molecule has 3 heteroatoms. The van der Waals surface area contributed by atoms with Gasteiger partial charge >= 0.3 is 0 Å². The molecule has 94 valence electrons. The Labute approximate surface area is 110 Å². The van der Waals surface area contributed by atoms with Crippen LogP contribution in [0.2, 0.25) is 0 Å². The van der Waals surface area contributed by atoms with E-state index in [2.05, 4.69) is 15.9 Å². The van der Waals surface area contributed by atoms with Crippen molar-refractivity contribution in [2.24, 2.45) is 5.92 Å². The van der Waals surface area contributed by atoms with Crippen molar-refractivity contribution >= 4 is 15.9 Å². The highest BCUT2D eigenvalue weighted by Crippen LogP contribution is 2.27. The summed E-state index contributed by atoms with van der Waals surface area (Å²) in [4.78, 5) is 0. The van der Waals surface area contributed by atoms with Crippen molar-refractivity contribution in [2.75, 3.05) is 0 Å². The summed E-state index contributed by atoms with van der Waals surface area (Å²) in [6.45, 7) is 0. The zero-order valence-corrected chi connectivity index (χ0v) is 11.4. The fourth-order valence-corrected chi connectivity index (χ4v) is 3.00. The van der Waals surface area contributed by atoms with Crippen LogP contribution in [0.3, 0.4) is 0 Å². The number of halogens is 2. The van der Waals surface area contributed by atoms with E-state index >= 15 is 0 Å². The van der Waals surface area contributed by atoms with E-state index in [0.29, 0.717) is 10.4 Å². The Hall–Kier alpha value is -0.410. The molecule has 0 spiro atoms. The molecule has 1 aliphatic rings. The predicted octanol–water partition coefficient (Wildman–Crippen LogP) is 4.07. The fraction of sp³-hybridized carbons (Fsp3) is 0.571. The minimum absolute atomic E-state index is 0.193. The van der Waals surface area contributed by atoms with Crippen LogP contribution in [0.25, 0.3) is 0 Å². The Morgan fingerprint density at radius 2 is 2.00 bits per heavy atom. The fourth-order valence-electron chi connectivity index (χ4n) is 2.57. The molecule has 2 rings (SSSR count). The first kappa shape index (κ1) is 13.0. The van der Waals surface area contributed by atoms with E-state index in [1.165, 1.54) is 18.9 Å². The van der Waals surface area contributed by atoms with E-state index in [1.54, 1.807) is 0 Å². The molecule has 1 aliphatic carbocycles. The first-order valence-electron chi connectivity index (χ1n) is 6.29. The van der Waals surface area contributed by atoms with E-state index in [0.717, 1.165) is 31.2 Å². The molecule has 17 heavy (non-hydrogen) atoms. The van der Waals surface area contributed by atoms with E-state index in [1.807, 2.05) is 12.1 Å². The van der Waals surface area contributed by atoms with Gasteiger partial charge in [-0.05, 0) is 58.8 Å². The summed E-state index contributed by atoms with van der Waals surface area (Å²) in [5, 5.41) is 10.0. The molecule has 0 amide bonds. The Morgan fingerprint density at radius 3 is 2.76 bits per heavy atom. The van der Waals surface area contributed by atoms with Gasteiger partial charge in [0.25, 0.3) is 0 Å². The molecule has 1 aromatic rings. The predicted molar refractivity (Wildman–Crippen MR) is 70.4 cm³/mol. The third-order valence-electron chi connectivity index (χ3n) is 3.60.